The fourth-order valence-corrected chi connectivity index (χ4v) is 2.02. The average molecular weight is 308 g/mol. The summed E-state index contributed by atoms with van der Waals surface area (Å²) in [5.74, 6) is 1.19. The number of hydrogen-bond acceptors (Lipinski definition) is 4. The number of carbonyl (C=O) groups excluding carboxylic acids is 1. The van der Waals surface area contributed by atoms with Gasteiger partial charge in [-0.2, -0.15) is 0 Å². The van der Waals surface area contributed by atoms with Gasteiger partial charge in [0.05, 0.1) is 13.2 Å². The van der Waals surface area contributed by atoms with E-state index in [9.17, 15) is 4.79 Å². The number of likely N-dealkylation sites (N-methyl/N-ethyl adjacent to an activating group) is 1. The van der Waals surface area contributed by atoms with Gasteiger partial charge in [-0.25, -0.2) is 0 Å². The molecule has 0 saturated carbocycles. The van der Waals surface area contributed by atoms with Crippen molar-refractivity contribution in [1.82, 2.24) is 10.6 Å². The largest absolute Gasteiger partial charge is 0.490 e. The highest BCUT2D eigenvalue weighted by atomic mass is 16.5. The van der Waals surface area contributed by atoms with Crippen molar-refractivity contribution in [1.29, 1.82) is 0 Å². The highest BCUT2D eigenvalue weighted by Gasteiger charge is 2.12. The van der Waals surface area contributed by atoms with E-state index in [1.807, 2.05) is 27.7 Å². The second kappa shape index (κ2) is 10.1. The summed E-state index contributed by atoms with van der Waals surface area (Å²) in [7, 11) is 0. The molecule has 1 atom stereocenters. The Kier molecular flexibility index (Phi) is 8.36. The summed E-state index contributed by atoms with van der Waals surface area (Å²) >= 11 is 0. The molecule has 1 amide bonds. The van der Waals surface area contributed by atoms with E-state index in [1.54, 1.807) is 18.2 Å². The number of carbonyl (C=O) groups is 1. The standard InChI is InChI=1S/C17H28N2O3/c1-5-10-22-15-9-8-14(11-16(15)21-7-3)17(20)19-12-13(4)18-6-2/h8-9,11,13,18H,5-7,10,12H2,1-4H3,(H,19,20)/t13-/m1/s1. The molecule has 5 nitrogen and oxygen atoms in total. The van der Waals surface area contributed by atoms with Crippen LogP contribution in [0.1, 0.15) is 44.5 Å². The summed E-state index contributed by atoms with van der Waals surface area (Å²) in [5, 5.41) is 6.17. The summed E-state index contributed by atoms with van der Waals surface area (Å²) in [4.78, 5) is 12.2. The number of nitrogens with one attached hydrogen (secondary N) is 2. The zero-order valence-corrected chi connectivity index (χ0v) is 14.1. The molecule has 0 fully saturated rings. The van der Waals surface area contributed by atoms with Crippen molar-refractivity contribution in [3.05, 3.63) is 23.8 Å². The number of amides is 1. The van der Waals surface area contributed by atoms with Crippen LogP contribution in [0, 0.1) is 0 Å². The lowest BCUT2D eigenvalue weighted by Gasteiger charge is -2.15. The lowest BCUT2D eigenvalue weighted by Crippen LogP contribution is -2.38. The van der Waals surface area contributed by atoms with Gasteiger partial charge in [0.2, 0.25) is 0 Å². The Balaban J connectivity index is 2.73. The van der Waals surface area contributed by atoms with Crippen LogP contribution in [0.25, 0.3) is 0 Å². The molecule has 0 radical (unpaired) electrons. The zero-order valence-electron chi connectivity index (χ0n) is 14.1. The summed E-state index contributed by atoms with van der Waals surface area (Å²) in [6.07, 6.45) is 0.927. The molecule has 1 rings (SSSR count). The van der Waals surface area contributed by atoms with Crippen molar-refractivity contribution in [3.63, 3.8) is 0 Å². The van der Waals surface area contributed by atoms with Gasteiger partial charge in [0.25, 0.3) is 5.91 Å². The molecule has 0 aromatic heterocycles. The summed E-state index contributed by atoms with van der Waals surface area (Å²) in [6.45, 7) is 10.7. The van der Waals surface area contributed by atoms with E-state index in [0.29, 0.717) is 36.8 Å². The second-order valence-corrected chi connectivity index (χ2v) is 5.11. The summed E-state index contributed by atoms with van der Waals surface area (Å²) < 4.78 is 11.2. The molecular weight excluding hydrogens is 280 g/mol. The van der Waals surface area contributed by atoms with Crippen molar-refractivity contribution in [2.75, 3.05) is 26.3 Å². The molecule has 1 aromatic carbocycles. The van der Waals surface area contributed by atoms with Crippen LogP contribution >= 0.6 is 0 Å². The molecule has 5 heteroatoms. The molecule has 0 saturated heterocycles. The van der Waals surface area contributed by atoms with Gasteiger partial charge in [-0.05, 0) is 45.0 Å². The van der Waals surface area contributed by atoms with Crippen LogP contribution in [0.2, 0.25) is 0 Å². The highest BCUT2D eigenvalue weighted by molar-refractivity contribution is 5.94. The SMILES string of the molecule is CCCOc1ccc(C(=O)NC[C@@H](C)NCC)cc1OCC. The van der Waals surface area contributed by atoms with E-state index in [0.717, 1.165) is 13.0 Å². The van der Waals surface area contributed by atoms with E-state index >= 15 is 0 Å². The van der Waals surface area contributed by atoms with Crippen LogP contribution in [0.5, 0.6) is 11.5 Å². The first-order valence-electron chi connectivity index (χ1n) is 8.03. The van der Waals surface area contributed by atoms with E-state index < -0.39 is 0 Å². The van der Waals surface area contributed by atoms with Crippen LogP contribution in [0.3, 0.4) is 0 Å². The van der Waals surface area contributed by atoms with Gasteiger partial charge in [-0.1, -0.05) is 13.8 Å². The molecule has 0 spiro atoms. The van der Waals surface area contributed by atoms with Crippen molar-refractivity contribution < 1.29 is 14.3 Å². The van der Waals surface area contributed by atoms with Crippen LogP contribution in [-0.4, -0.2) is 38.3 Å². The maximum Gasteiger partial charge on any atom is 0.251 e. The Bertz CT molecular complexity index is 463. The minimum Gasteiger partial charge on any atom is -0.490 e. The van der Waals surface area contributed by atoms with E-state index in [4.69, 9.17) is 9.47 Å². The normalized spacial score (nSPS) is 11.8. The topological polar surface area (TPSA) is 59.6 Å². The van der Waals surface area contributed by atoms with Crippen LogP contribution in [-0.2, 0) is 0 Å². The van der Waals surface area contributed by atoms with Gasteiger partial charge in [-0.3, -0.25) is 4.79 Å². The molecular formula is C17H28N2O3. The molecule has 0 bridgehead atoms. The molecule has 2 N–H and O–H groups in total. The summed E-state index contributed by atoms with van der Waals surface area (Å²) in [6, 6.07) is 5.54. The summed E-state index contributed by atoms with van der Waals surface area (Å²) in [5.41, 5.74) is 0.580. The van der Waals surface area contributed by atoms with E-state index in [1.165, 1.54) is 0 Å². The van der Waals surface area contributed by atoms with Gasteiger partial charge >= 0.3 is 0 Å². The lowest BCUT2D eigenvalue weighted by atomic mass is 10.2. The fourth-order valence-electron chi connectivity index (χ4n) is 2.02. The highest BCUT2D eigenvalue weighted by Crippen LogP contribution is 2.28. The predicted molar refractivity (Wildman–Crippen MR) is 88.9 cm³/mol. The van der Waals surface area contributed by atoms with Gasteiger partial charge in [0.15, 0.2) is 11.5 Å². The Morgan fingerprint density at radius 3 is 2.59 bits per heavy atom. The fraction of sp³-hybridized carbons (Fsp3) is 0.588. The minimum atomic E-state index is -0.104. The van der Waals surface area contributed by atoms with Crippen molar-refractivity contribution in [2.24, 2.45) is 0 Å². The van der Waals surface area contributed by atoms with Gasteiger partial charge < -0.3 is 20.1 Å². The Morgan fingerprint density at radius 1 is 1.18 bits per heavy atom. The van der Waals surface area contributed by atoms with Crippen molar-refractivity contribution >= 4 is 5.91 Å². The molecule has 0 unspecified atom stereocenters. The molecule has 22 heavy (non-hydrogen) atoms. The maximum atomic E-state index is 12.2. The Labute approximate surface area is 133 Å². The lowest BCUT2D eigenvalue weighted by molar-refractivity contribution is 0.0949. The number of benzene rings is 1. The first kappa shape index (κ1) is 18.3. The van der Waals surface area contributed by atoms with Gasteiger partial charge in [0.1, 0.15) is 0 Å². The molecule has 0 aliphatic rings. The Hall–Kier alpha value is -1.75. The van der Waals surface area contributed by atoms with E-state index in [2.05, 4.69) is 10.6 Å². The molecule has 0 aliphatic carbocycles. The predicted octanol–water partition coefficient (Wildman–Crippen LogP) is 2.60. The second-order valence-electron chi connectivity index (χ2n) is 5.11. The first-order chi connectivity index (χ1) is 10.6. The van der Waals surface area contributed by atoms with Crippen LogP contribution in [0.15, 0.2) is 18.2 Å². The van der Waals surface area contributed by atoms with Crippen molar-refractivity contribution in [2.45, 2.75) is 40.2 Å². The van der Waals surface area contributed by atoms with Gasteiger partial charge in [-0.15, -0.1) is 0 Å². The Morgan fingerprint density at radius 2 is 1.95 bits per heavy atom. The van der Waals surface area contributed by atoms with E-state index in [-0.39, 0.29) is 11.9 Å². The third kappa shape index (κ3) is 5.93. The number of rotatable bonds is 10. The molecule has 0 aliphatic heterocycles. The average Bonchev–Trinajstić information content (AvgIpc) is 2.52. The first-order valence-corrected chi connectivity index (χ1v) is 8.03. The molecule has 0 heterocycles. The van der Waals surface area contributed by atoms with Crippen molar-refractivity contribution in [3.8, 4) is 11.5 Å². The third-order valence-corrected chi connectivity index (χ3v) is 3.09. The zero-order chi connectivity index (χ0) is 16.4. The smallest absolute Gasteiger partial charge is 0.251 e. The quantitative estimate of drug-likeness (QED) is 0.697. The molecule has 124 valence electrons. The monoisotopic (exact) mass is 308 g/mol. The third-order valence-electron chi connectivity index (χ3n) is 3.09. The van der Waals surface area contributed by atoms with Gasteiger partial charge in [0, 0.05) is 18.2 Å². The number of ether oxygens (including phenoxy) is 2. The number of hydrogen-bond donors (Lipinski definition) is 2. The maximum absolute atomic E-state index is 12.2. The minimum absolute atomic E-state index is 0.104. The molecule has 1 aromatic rings. The van der Waals surface area contributed by atoms with Crippen LogP contribution in [0.4, 0.5) is 0 Å². The van der Waals surface area contributed by atoms with Crippen LogP contribution < -0.4 is 20.1 Å².